The highest BCUT2D eigenvalue weighted by molar-refractivity contribution is 6.30. The summed E-state index contributed by atoms with van der Waals surface area (Å²) < 4.78 is 15.0. The fourth-order valence-electron chi connectivity index (χ4n) is 1.90. The first-order valence-corrected chi connectivity index (χ1v) is 6.39. The predicted octanol–water partition coefficient (Wildman–Crippen LogP) is 2.61. The maximum Gasteiger partial charge on any atom is 0.276 e. The molecule has 2 aromatic rings. The largest absolute Gasteiger partial charge is 0.395 e. The molecular weight excluding hydrogens is 283 g/mol. The smallest absolute Gasteiger partial charge is 0.276 e. The Morgan fingerprint density at radius 2 is 2.25 bits per heavy atom. The van der Waals surface area contributed by atoms with Crippen LogP contribution in [0.2, 0.25) is 5.02 Å². The van der Waals surface area contributed by atoms with Gasteiger partial charge in [0, 0.05) is 12.1 Å². The Hall–Kier alpha value is -2.08. The normalized spacial score (nSPS) is 10.6. The number of aryl methyl sites for hydroxylation is 2. The molecule has 7 heteroatoms. The van der Waals surface area contributed by atoms with Gasteiger partial charge in [-0.15, -0.1) is 0 Å². The van der Waals surface area contributed by atoms with E-state index < -0.39 is 11.7 Å². The Bertz CT molecular complexity index is 669. The summed E-state index contributed by atoms with van der Waals surface area (Å²) in [6, 6.07) is 4.01. The lowest BCUT2D eigenvalue weighted by atomic mass is 10.2. The number of nitrogens with zero attached hydrogens (tertiary/aromatic N) is 2. The molecule has 0 saturated heterocycles. The number of nitrogen functional groups attached to an aromatic ring is 1. The van der Waals surface area contributed by atoms with Crippen molar-refractivity contribution in [1.29, 1.82) is 0 Å². The topological polar surface area (TPSA) is 72.9 Å². The minimum absolute atomic E-state index is 0.0399. The number of aromatic nitrogens is 2. The summed E-state index contributed by atoms with van der Waals surface area (Å²) in [4.78, 5) is 12.2. The van der Waals surface area contributed by atoms with E-state index in [0.717, 1.165) is 6.07 Å². The molecule has 2 rings (SSSR count). The van der Waals surface area contributed by atoms with Crippen LogP contribution in [0.3, 0.4) is 0 Å². The van der Waals surface area contributed by atoms with Crippen molar-refractivity contribution in [3.63, 3.8) is 0 Å². The van der Waals surface area contributed by atoms with Gasteiger partial charge in [-0.1, -0.05) is 18.5 Å². The number of benzene rings is 1. The van der Waals surface area contributed by atoms with Crippen LogP contribution in [0.5, 0.6) is 0 Å². The van der Waals surface area contributed by atoms with Gasteiger partial charge in [-0.3, -0.25) is 9.48 Å². The van der Waals surface area contributed by atoms with E-state index in [0.29, 0.717) is 17.8 Å². The van der Waals surface area contributed by atoms with Crippen LogP contribution in [-0.4, -0.2) is 15.7 Å². The van der Waals surface area contributed by atoms with E-state index in [1.165, 1.54) is 16.8 Å². The molecule has 3 N–H and O–H groups in total. The first-order chi connectivity index (χ1) is 9.43. The third kappa shape index (κ3) is 2.60. The van der Waals surface area contributed by atoms with Crippen molar-refractivity contribution in [1.82, 2.24) is 9.78 Å². The number of nitrogens with one attached hydrogen (secondary N) is 1. The summed E-state index contributed by atoms with van der Waals surface area (Å²) in [7, 11) is 1.61. The Labute approximate surface area is 120 Å². The second-order valence-electron chi connectivity index (χ2n) is 4.26. The highest BCUT2D eigenvalue weighted by Gasteiger charge is 2.20. The molecule has 0 aliphatic rings. The maximum atomic E-state index is 13.6. The van der Waals surface area contributed by atoms with Crippen LogP contribution in [0.1, 0.15) is 23.1 Å². The van der Waals surface area contributed by atoms with Crippen molar-refractivity contribution in [3.05, 3.63) is 40.4 Å². The summed E-state index contributed by atoms with van der Waals surface area (Å²) >= 11 is 5.66. The van der Waals surface area contributed by atoms with Crippen molar-refractivity contribution < 1.29 is 9.18 Å². The molecule has 1 heterocycles. The molecule has 0 aliphatic carbocycles. The van der Waals surface area contributed by atoms with E-state index in [2.05, 4.69) is 10.4 Å². The number of amides is 1. The van der Waals surface area contributed by atoms with Gasteiger partial charge in [-0.25, -0.2) is 4.39 Å². The molecule has 20 heavy (non-hydrogen) atoms. The van der Waals surface area contributed by atoms with Crippen molar-refractivity contribution in [2.75, 3.05) is 11.1 Å². The molecule has 0 spiro atoms. The number of hydrogen-bond acceptors (Lipinski definition) is 3. The minimum Gasteiger partial charge on any atom is -0.395 e. The standard InChI is InChI=1S/C13H14ClFN4O/c1-3-9-11(16)12(19(2)18-9)13(20)17-10-5-4-7(14)6-8(10)15/h4-6H,3,16H2,1-2H3,(H,17,20). The molecule has 0 aliphatic heterocycles. The summed E-state index contributed by atoms with van der Waals surface area (Å²) in [5, 5.41) is 6.86. The maximum absolute atomic E-state index is 13.6. The van der Waals surface area contributed by atoms with Crippen LogP contribution < -0.4 is 11.1 Å². The molecule has 0 radical (unpaired) electrons. The van der Waals surface area contributed by atoms with Crippen LogP contribution in [-0.2, 0) is 13.5 Å². The molecule has 0 atom stereocenters. The average molecular weight is 297 g/mol. The van der Waals surface area contributed by atoms with Gasteiger partial charge in [-0.2, -0.15) is 5.10 Å². The predicted molar refractivity (Wildman–Crippen MR) is 76.4 cm³/mol. The van der Waals surface area contributed by atoms with Gasteiger partial charge in [0.05, 0.1) is 17.1 Å². The van der Waals surface area contributed by atoms with Gasteiger partial charge in [-0.05, 0) is 24.6 Å². The van der Waals surface area contributed by atoms with E-state index >= 15 is 0 Å². The quantitative estimate of drug-likeness (QED) is 0.914. The second-order valence-corrected chi connectivity index (χ2v) is 4.70. The molecule has 0 fully saturated rings. The zero-order chi connectivity index (χ0) is 14.9. The van der Waals surface area contributed by atoms with Crippen molar-refractivity contribution >= 4 is 28.9 Å². The van der Waals surface area contributed by atoms with Gasteiger partial charge in [0.25, 0.3) is 5.91 Å². The third-order valence-corrected chi connectivity index (χ3v) is 3.12. The van der Waals surface area contributed by atoms with E-state index in [-0.39, 0.29) is 16.4 Å². The molecule has 1 aromatic carbocycles. The van der Waals surface area contributed by atoms with E-state index in [4.69, 9.17) is 17.3 Å². The Morgan fingerprint density at radius 1 is 1.55 bits per heavy atom. The first-order valence-electron chi connectivity index (χ1n) is 6.01. The third-order valence-electron chi connectivity index (χ3n) is 2.89. The van der Waals surface area contributed by atoms with Gasteiger partial charge < -0.3 is 11.1 Å². The number of anilines is 2. The molecule has 5 nitrogen and oxygen atoms in total. The number of halogens is 2. The van der Waals surface area contributed by atoms with Crippen LogP contribution in [0.25, 0.3) is 0 Å². The van der Waals surface area contributed by atoms with Gasteiger partial charge in [0.2, 0.25) is 0 Å². The summed E-state index contributed by atoms with van der Waals surface area (Å²) in [5.74, 6) is -1.12. The lowest BCUT2D eigenvalue weighted by Gasteiger charge is -2.07. The van der Waals surface area contributed by atoms with Crippen molar-refractivity contribution in [2.24, 2.45) is 7.05 Å². The lowest BCUT2D eigenvalue weighted by Crippen LogP contribution is -2.18. The average Bonchev–Trinajstić information content (AvgIpc) is 2.67. The molecule has 0 saturated carbocycles. The number of hydrogen-bond donors (Lipinski definition) is 2. The summed E-state index contributed by atoms with van der Waals surface area (Å²) in [6.45, 7) is 1.89. The fraction of sp³-hybridized carbons (Fsp3) is 0.231. The lowest BCUT2D eigenvalue weighted by molar-refractivity contribution is 0.101. The number of carbonyl (C=O) groups excluding carboxylic acids is 1. The molecule has 1 aromatic heterocycles. The Balaban J connectivity index is 2.31. The van der Waals surface area contributed by atoms with Crippen LogP contribution in [0.4, 0.5) is 15.8 Å². The molecule has 0 unspecified atom stereocenters. The van der Waals surface area contributed by atoms with E-state index in [9.17, 15) is 9.18 Å². The Morgan fingerprint density at radius 3 is 2.80 bits per heavy atom. The fourth-order valence-corrected chi connectivity index (χ4v) is 2.06. The Kier molecular flexibility index (Phi) is 3.94. The van der Waals surface area contributed by atoms with Crippen LogP contribution >= 0.6 is 11.6 Å². The zero-order valence-corrected chi connectivity index (χ0v) is 11.8. The van der Waals surface area contributed by atoms with Gasteiger partial charge >= 0.3 is 0 Å². The number of carbonyl (C=O) groups is 1. The number of nitrogens with two attached hydrogens (primary N) is 1. The van der Waals surface area contributed by atoms with Gasteiger partial charge in [0.15, 0.2) is 0 Å². The SMILES string of the molecule is CCc1nn(C)c(C(=O)Nc2ccc(Cl)cc2F)c1N. The minimum atomic E-state index is -0.609. The van der Waals surface area contributed by atoms with Crippen molar-refractivity contribution in [3.8, 4) is 0 Å². The molecule has 0 bridgehead atoms. The highest BCUT2D eigenvalue weighted by Crippen LogP contribution is 2.22. The molecule has 106 valence electrons. The molecule has 1 amide bonds. The summed E-state index contributed by atoms with van der Waals surface area (Å²) in [5.41, 5.74) is 7.06. The van der Waals surface area contributed by atoms with Gasteiger partial charge in [0.1, 0.15) is 11.5 Å². The van der Waals surface area contributed by atoms with Crippen molar-refractivity contribution in [2.45, 2.75) is 13.3 Å². The zero-order valence-electron chi connectivity index (χ0n) is 11.1. The van der Waals surface area contributed by atoms with E-state index in [1.807, 2.05) is 6.92 Å². The first kappa shape index (κ1) is 14.3. The monoisotopic (exact) mass is 296 g/mol. The number of rotatable bonds is 3. The second kappa shape index (κ2) is 5.50. The van der Waals surface area contributed by atoms with Crippen LogP contribution in [0, 0.1) is 5.82 Å². The van der Waals surface area contributed by atoms with Crippen LogP contribution in [0.15, 0.2) is 18.2 Å². The highest BCUT2D eigenvalue weighted by atomic mass is 35.5. The van der Waals surface area contributed by atoms with E-state index in [1.54, 1.807) is 7.05 Å². The molecular formula is C13H14ClFN4O. The summed E-state index contributed by atoms with van der Waals surface area (Å²) in [6.07, 6.45) is 0.613.